The van der Waals surface area contributed by atoms with Gasteiger partial charge in [0.2, 0.25) is 0 Å². The second-order valence-electron chi connectivity index (χ2n) is 4.31. The molecule has 0 spiro atoms. The van der Waals surface area contributed by atoms with Crippen molar-refractivity contribution in [2.24, 2.45) is 0 Å². The molecule has 0 fully saturated rings. The summed E-state index contributed by atoms with van der Waals surface area (Å²) in [4.78, 5) is 13.5. The Kier molecular flexibility index (Phi) is 5.44. The van der Waals surface area contributed by atoms with E-state index in [1.54, 1.807) is 23.5 Å². The molecule has 1 amide bonds. The Morgan fingerprint density at radius 2 is 2.20 bits per heavy atom. The summed E-state index contributed by atoms with van der Waals surface area (Å²) in [5.74, 6) is -0.0972. The number of halogens is 1. The largest absolute Gasteiger partial charge is 0.385 e. The van der Waals surface area contributed by atoms with E-state index in [1.807, 2.05) is 24.4 Å². The van der Waals surface area contributed by atoms with Crippen LogP contribution >= 0.6 is 22.9 Å². The molecular weight excluding hydrogens is 292 g/mol. The maximum absolute atomic E-state index is 12.2. The highest BCUT2D eigenvalue weighted by Gasteiger charge is 2.11. The van der Waals surface area contributed by atoms with Gasteiger partial charge in [-0.05, 0) is 43.0 Å². The van der Waals surface area contributed by atoms with Gasteiger partial charge in [0.05, 0.1) is 5.56 Å². The number of hydrogen-bond acceptors (Lipinski definition) is 3. The standard InChI is InChI=1S/C15H17ClN2OS/c1-2-17-14-6-5-11(16)10-13(14)15(19)18-8-7-12-4-3-9-20-12/h3-6,9-10,17H,2,7-8H2,1H3,(H,18,19). The third kappa shape index (κ3) is 3.99. The average molecular weight is 309 g/mol. The molecule has 2 rings (SSSR count). The molecule has 1 aromatic heterocycles. The number of rotatable bonds is 6. The van der Waals surface area contributed by atoms with E-state index < -0.39 is 0 Å². The first-order valence-corrected chi connectivity index (χ1v) is 7.80. The fourth-order valence-electron chi connectivity index (χ4n) is 1.90. The number of nitrogens with one attached hydrogen (secondary N) is 2. The van der Waals surface area contributed by atoms with Crippen molar-refractivity contribution in [3.05, 3.63) is 51.2 Å². The smallest absolute Gasteiger partial charge is 0.253 e. The van der Waals surface area contributed by atoms with Crippen LogP contribution in [0.15, 0.2) is 35.7 Å². The van der Waals surface area contributed by atoms with E-state index in [2.05, 4.69) is 16.7 Å². The second kappa shape index (κ2) is 7.31. The highest BCUT2D eigenvalue weighted by Crippen LogP contribution is 2.20. The van der Waals surface area contributed by atoms with Gasteiger partial charge in [0.1, 0.15) is 0 Å². The molecule has 0 unspecified atom stereocenters. The lowest BCUT2D eigenvalue weighted by molar-refractivity contribution is 0.0955. The van der Waals surface area contributed by atoms with Gasteiger partial charge < -0.3 is 10.6 Å². The number of anilines is 1. The van der Waals surface area contributed by atoms with Gasteiger partial charge in [-0.3, -0.25) is 4.79 Å². The van der Waals surface area contributed by atoms with Crippen LogP contribution in [0.3, 0.4) is 0 Å². The lowest BCUT2D eigenvalue weighted by atomic mass is 10.1. The van der Waals surface area contributed by atoms with Crippen molar-refractivity contribution in [2.75, 3.05) is 18.4 Å². The molecule has 0 atom stereocenters. The van der Waals surface area contributed by atoms with Gasteiger partial charge in [0.25, 0.3) is 5.91 Å². The summed E-state index contributed by atoms with van der Waals surface area (Å²) >= 11 is 7.67. The Morgan fingerprint density at radius 1 is 1.35 bits per heavy atom. The SMILES string of the molecule is CCNc1ccc(Cl)cc1C(=O)NCCc1cccs1. The van der Waals surface area contributed by atoms with Gasteiger partial charge in [0, 0.05) is 28.7 Å². The molecule has 2 N–H and O–H groups in total. The van der Waals surface area contributed by atoms with Crippen LogP contribution in [-0.4, -0.2) is 19.0 Å². The summed E-state index contributed by atoms with van der Waals surface area (Å²) in [5, 5.41) is 8.71. The van der Waals surface area contributed by atoms with Crippen molar-refractivity contribution >= 4 is 34.5 Å². The van der Waals surface area contributed by atoms with E-state index in [1.165, 1.54) is 4.88 Å². The van der Waals surface area contributed by atoms with Crippen LogP contribution in [0.5, 0.6) is 0 Å². The minimum absolute atomic E-state index is 0.0972. The minimum Gasteiger partial charge on any atom is -0.385 e. The van der Waals surface area contributed by atoms with Crippen molar-refractivity contribution in [1.29, 1.82) is 0 Å². The fraction of sp³-hybridized carbons (Fsp3) is 0.267. The Morgan fingerprint density at radius 3 is 2.90 bits per heavy atom. The molecule has 0 aliphatic rings. The molecule has 106 valence electrons. The third-order valence-corrected chi connectivity index (χ3v) is 4.00. The maximum atomic E-state index is 12.2. The van der Waals surface area contributed by atoms with Crippen LogP contribution in [0.4, 0.5) is 5.69 Å². The minimum atomic E-state index is -0.0972. The lowest BCUT2D eigenvalue weighted by Crippen LogP contribution is -2.26. The highest BCUT2D eigenvalue weighted by molar-refractivity contribution is 7.09. The Bertz CT molecular complexity index is 569. The highest BCUT2D eigenvalue weighted by atomic mass is 35.5. The van der Waals surface area contributed by atoms with Crippen LogP contribution in [0.25, 0.3) is 0 Å². The van der Waals surface area contributed by atoms with Crippen LogP contribution in [0.2, 0.25) is 5.02 Å². The van der Waals surface area contributed by atoms with Crippen LogP contribution in [-0.2, 0) is 6.42 Å². The number of benzene rings is 1. The maximum Gasteiger partial charge on any atom is 0.253 e. The van der Waals surface area contributed by atoms with E-state index in [4.69, 9.17) is 11.6 Å². The monoisotopic (exact) mass is 308 g/mol. The molecule has 2 aromatic rings. The Labute approximate surface area is 128 Å². The zero-order valence-electron chi connectivity index (χ0n) is 11.3. The number of carbonyl (C=O) groups excluding carboxylic acids is 1. The predicted octanol–water partition coefficient (Wildman–Crippen LogP) is 3.81. The van der Waals surface area contributed by atoms with Gasteiger partial charge in [-0.15, -0.1) is 11.3 Å². The average Bonchev–Trinajstić information content (AvgIpc) is 2.94. The Hall–Kier alpha value is -1.52. The first-order valence-electron chi connectivity index (χ1n) is 6.54. The third-order valence-electron chi connectivity index (χ3n) is 2.83. The van der Waals surface area contributed by atoms with Gasteiger partial charge in [-0.1, -0.05) is 17.7 Å². The van der Waals surface area contributed by atoms with E-state index in [0.717, 1.165) is 18.7 Å². The number of carbonyl (C=O) groups is 1. The van der Waals surface area contributed by atoms with Crippen molar-refractivity contribution in [1.82, 2.24) is 5.32 Å². The molecule has 5 heteroatoms. The van der Waals surface area contributed by atoms with Gasteiger partial charge in [-0.25, -0.2) is 0 Å². The molecule has 1 aromatic carbocycles. The zero-order valence-corrected chi connectivity index (χ0v) is 12.9. The quantitative estimate of drug-likeness (QED) is 0.852. The summed E-state index contributed by atoms with van der Waals surface area (Å²) < 4.78 is 0. The molecule has 1 heterocycles. The van der Waals surface area contributed by atoms with Crippen molar-refractivity contribution < 1.29 is 4.79 Å². The molecule has 20 heavy (non-hydrogen) atoms. The summed E-state index contributed by atoms with van der Waals surface area (Å²) in [6, 6.07) is 9.39. The van der Waals surface area contributed by atoms with E-state index in [0.29, 0.717) is 17.1 Å². The predicted molar refractivity (Wildman–Crippen MR) is 86.0 cm³/mol. The van der Waals surface area contributed by atoms with Crippen LogP contribution < -0.4 is 10.6 Å². The summed E-state index contributed by atoms with van der Waals surface area (Å²) in [5.41, 5.74) is 1.40. The van der Waals surface area contributed by atoms with Crippen molar-refractivity contribution in [2.45, 2.75) is 13.3 Å². The normalized spacial score (nSPS) is 10.3. The molecule has 0 saturated carbocycles. The summed E-state index contributed by atoms with van der Waals surface area (Å²) in [6.45, 7) is 3.38. The molecule has 0 bridgehead atoms. The zero-order chi connectivity index (χ0) is 14.4. The van der Waals surface area contributed by atoms with Gasteiger partial charge in [0.15, 0.2) is 0 Å². The van der Waals surface area contributed by atoms with Gasteiger partial charge in [-0.2, -0.15) is 0 Å². The number of amides is 1. The number of thiophene rings is 1. The first kappa shape index (κ1) is 14.9. The Balaban J connectivity index is 1.99. The van der Waals surface area contributed by atoms with Crippen LogP contribution in [0.1, 0.15) is 22.2 Å². The van der Waals surface area contributed by atoms with Crippen molar-refractivity contribution in [3.63, 3.8) is 0 Å². The van der Waals surface area contributed by atoms with E-state index in [9.17, 15) is 4.79 Å². The van der Waals surface area contributed by atoms with E-state index in [-0.39, 0.29) is 5.91 Å². The van der Waals surface area contributed by atoms with Gasteiger partial charge >= 0.3 is 0 Å². The van der Waals surface area contributed by atoms with Crippen LogP contribution in [0, 0.1) is 0 Å². The first-order chi connectivity index (χ1) is 9.70. The molecule has 0 saturated heterocycles. The summed E-state index contributed by atoms with van der Waals surface area (Å²) in [7, 11) is 0. The molecular formula is C15H17ClN2OS. The molecule has 0 aliphatic carbocycles. The second-order valence-corrected chi connectivity index (χ2v) is 5.77. The number of hydrogen-bond donors (Lipinski definition) is 2. The molecule has 3 nitrogen and oxygen atoms in total. The molecule has 0 radical (unpaired) electrons. The van der Waals surface area contributed by atoms with E-state index >= 15 is 0 Å². The lowest BCUT2D eigenvalue weighted by Gasteiger charge is -2.11. The van der Waals surface area contributed by atoms with Crippen molar-refractivity contribution in [3.8, 4) is 0 Å². The topological polar surface area (TPSA) is 41.1 Å². The fourth-order valence-corrected chi connectivity index (χ4v) is 2.78. The summed E-state index contributed by atoms with van der Waals surface area (Å²) in [6.07, 6.45) is 0.848. The molecule has 0 aliphatic heterocycles.